The highest BCUT2D eigenvalue weighted by molar-refractivity contribution is 5.76. The van der Waals surface area contributed by atoms with Crippen LogP contribution in [0.25, 0.3) is 0 Å². The molecule has 16 heavy (non-hydrogen) atoms. The van der Waals surface area contributed by atoms with E-state index in [4.69, 9.17) is 9.47 Å². The number of amides is 1. The lowest BCUT2D eigenvalue weighted by Gasteiger charge is -2.32. The van der Waals surface area contributed by atoms with Gasteiger partial charge in [0.05, 0.1) is 18.3 Å². The smallest absolute Gasteiger partial charge is 0.245 e. The molecular formula is C11H20N2O3. The van der Waals surface area contributed by atoms with Gasteiger partial charge < -0.3 is 20.1 Å². The number of rotatable bonds is 3. The van der Waals surface area contributed by atoms with Gasteiger partial charge in [-0.3, -0.25) is 4.79 Å². The van der Waals surface area contributed by atoms with Gasteiger partial charge >= 0.3 is 0 Å². The molecule has 1 spiro atoms. The van der Waals surface area contributed by atoms with Crippen LogP contribution in [-0.4, -0.2) is 51.0 Å². The first kappa shape index (κ1) is 11.8. The second-order valence-corrected chi connectivity index (χ2v) is 4.58. The largest absolute Gasteiger partial charge is 0.371 e. The van der Waals surface area contributed by atoms with Crippen LogP contribution in [0.5, 0.6) is 0 Å². The van der Waals surface area contributed by atoms with Gasteiger partial charge in [0.15, 0.2) is 0 Å². The molecule has 2 saturated heterocycles. The average molecular weight is 228 g/mol. The third-order valence-electron chi connectivity index (χ3n) is 3.34. The molecule has 2 heterocycles. The van der Waals surface area contributed by atoms with Crippen molar-refractivity contribution < 1.29 is 14.3 Å². The van der Waals surface area contributed by atoms with Gasteiger partial charge in [-0.2, -0.15) is 0 Å². The Morgan fingerprint density at radius 1 is 1.69 bits per heavy atom. The van der Waals surface area contributed by atoms with Crippen molar-refractivity contribution in [1.82, 2.24) is 10.6 Å². The quantitative estimate of drug-likeness (QED) is 0.694. The normalized spacial score (nSPS) is 34.2. The van der Waals surface area contributed by atoms with Gasteiger partial charge in [-0.25, -0.2) is 0 Å². The molecule has 2 aliphatic heterocycles. The molecule has 2 rings (SSSR count). The number of ether oxygens (including phenoxy) is 2. The molecule has 1 amide bonds. The van der Waals surface area contributed by atoms with Crippen molar-refractivity contribution in [3.8, 4) is 0 Å². The summed E-state index contributed by atoms with van der Waals surface area (Å²) in [7, 11) is 1.61. The van der Waals surface area contributed by atoms with Crippen LogP contribution < -0.4 is 10.6 Å². The summed E-state index contributed by atoms with van der Waals surface area (Å²) >= 11 is 0. The highest BCUT2D eigenvalue weighted by Gasteiger charge is 2.41. The monoisotopic (exact) mass is 228 g/mol. The lowest BCUT2D eigenvalue weighted by molar-refractivity contribution is -0.127. The summed E-state index contributed by atoms with van der Waals surface area (Å²) in [6.07, 6.45) is 3.22. The Hall–Kier alpha value is -0.650. The molecule has 0 bridgehead atoms. The number of carbonyl (C=O) groups is 1. The van der Waals surface area contributed by atoms with E-state index in [1.165, 1.54) is 0 Å². The minimum atomic E-state index is -0.0808. The topological polar surface area (TPSA) is 59.6 Å². The summed E-state index contributed by atoms with van der Waals surface area (Å²) in [4.78, 5) is 11.0. The van der Waals surface area contributed by atoms with E-state index < -0.39 is 0 Å². The SMILES string of the molecule is CNC(=O)CO[C@H]1CO[C@]2(CCCNC2)C1. The van der Waals surface area contributed by atoms with Crippen molar-refractivity contribution in [3.05, 3.63) is 0 Å². The first-order chi connectivity index (χ1) is 7.74. The van der Waals surface area contributed by atoms with Gasteiger partial charge in [0, 0.05) is 20.0 Å². The maximum absolute atomic E-state index is 11.0. The number of nitrogens with one attached hydrogen (secondary N) is 2. The first-order valence-corrected chi connectivity index (χ1v) is 5.91. The molecule has 2 fully saturated rings. The van der Waals surface area contributed by atoms with Crippen LogP contribution in [0.4, 0.5) is 0 Å². The molecule has 2 N–H and O–H groups in total. The van der Waals surface area contributed by atoms with E-state index in [0.717, 1.165) is 32.4 Å². The fraction of sp³-hybridized carbons (Fsp3) is 0.909. The Balaban J connectivity index is 1.76. The zero-order valence-corrected chi connectivity index (χ0v) is 9.75. The minimum Gasteiger partial charge on any atom is -0.371 e. The zero-order valence-electron chi connectivity index (χ0n) is 9.75. The van der Waals surface area contributed by atoms with Crippen molar-refractivity contribution in [2.75, 3.05) is 33.4 Å². The molecule has 5 nitrogen and oxygen atoms in total. The van der Waals surface area contributed by atoms with Crippen molar-refractivity contribution >= 4 is 5.91 Å². The van der Waals surface area contributed by atoms with Crippen LogP contribution >= 0.6 is 0 Å². The van der Waals surface area contributed by atoms with Crippen molar-refractivity contribution in [3.63, 3.8) is 0 Å². The maximum Gasteiger partial charge on any atom is 0.245 e. The van der Waals surface area contributed by atoms with Crippen molar-refractivity contribution in [2.45, 2.75) is 31.0 Å². The van der Waals surface area contributed by atoms with Crippen molar-refractivity contribution in [1.29, 1.82) is 0 Å². The fourth-order valence-corrected chi connectivity index (χ4v) is 2.41. The van der Waals surface area contributed by atoms with E-state index >= 15 is 0 Å². The summed E-state index contributed by atoms with van der Waals surface area (Å²) in [5.74, 6) is -0.0808. The van der Waals surface area contributed by atoms with E-state index in [0.29, 0.717) is 6.61 Å². The lowest BCUT2D eigenvalue weighted by atomic mass is 9.90. The maximum atomic E-state index is 11.0. The van der Waals surface area contributed by atoms with Crippen LogP contribution in [0.3, 0.4) is 0 Å². The second-order valence-electron chi connectivity index (χ2n) is 4.58. The van der Waals surface area contributed by atoms with Crippen LogP contribution in [0.1, 0.15) is 19.3 Å². The fourth-order valence-electron chi connectivity index (χ4n) is 2.41. The first-order valence-electron chi connectivity index (χ1n) is 5.91. The van der Waals surface area contributed by atoms with Crippen LogP contribution in [0, 0.1) is 0 Å². The highest BCUT2D eigenvalue weighted by atomic mass is 16.6. The second kappa shape index (κ2) is 5.12. The Kier molecular flexibility index (Phi) is 3.78. The molecule has 2 aliphatic rings. The van der Waals surface area contributed by atoms with Crippen LogP contribution in [0.2, 0.25) is 0 Å². The molecule has 2 atom stereocenters. The predicted molar refractivity (Wildman–Crippen MR) is 59.2 cm³/mol. The molecule has 0 radical (unpaired) electrons. The summed E-state index contributed by atoms with van der Waals surface area (Å²) in [6, 6.07) is 0. The Bertz CT molecular complexity index is 252. The molecule has 0 aliphatic carbocycles. The summed E-state index contributed by atoms with van der Waals surface area (Å²) in [5, 5.41) is 5.90. The van der Waals surface area contributed by atoms with Gasteiger partial charge in [-0.05, 0) is 19.4 Å². The minimum absolute atomic E-state index is 0.0361. The molecule has 5 heteroatoms. The number of carbonyl (C=O) groups excluding carboxylic acids is 1. The Labute approximate surface area is 95.9 Å². The Morgan fingerprint density at radius 3 is 3.25 bits per heavy atom. The van der Waals surface area contributed by atoms with Gasteiger partial charge in [-0.15, -0.1) is 0 Å². The number of piperidine rings is 1. The third kappa shape index (κ3) is 2.72. The summed E-state index contributed by atoms with van der Waals surface area (Å²) in [5.41, 5.74) is -0.0361. The van der Waals surface area contributed by atoms with Gasteiger partial charge in [-0.1, -0.05) is 0 Å². The molecule has 0 saturated carbocycles. The third-order valence-corrected chi connectivity index (χ3v) is 3.34. The van der Waals surface area contributed by atoms with Gasteiger partial charge in [0.2, 0.25) is 5.91 Å². The summed E-state index contributed by atoms with van der Waals surface area (Å²) in [6.45, 7) is 2.73. The number of likely N-dealkylation sites (N-methyl/N-ethyl adjacent to an activating group) is 1. The zero-order chi connectivity index (χ0) is 11.4. The Morgan fingerprint density at radius 2 is 2.56 bits per heavy atom. The van der Waals surface area contributed by atoms with Gasteiger partial charge in [0.1, 0.15) is 6.61 Å². The van der Waals surface area contributed by atoms with E-state index in [9.17, 15) is 4.79 Å². The standard InChI is InChI=1S/C11H20N2O3/c1-12-10(14)7-15-9-5-11(16-6-9)3-2-4-13-8-11/h9,13H,2-8H2,1H3,(H,12,14)/t9-,11-/m1/s1. The van der Waals surface area contributed by atoms with E-state index in [-0.39, 0.29) is 24.2 Å². The number of hydrogen-bond donors (Lipinski definition) is 2. The van der Waals surface area contributed by atoms with E-state index in [2.05, 4.69) is 10.6 Å². The predicted octanol–water partition coefficient (Wildman–Crippen LogP) is -0.340. The molecule has 0 aromatic heterocycles. The molecular weight excluding hydrogens is 208 g/mol. The highest BCUT2D eigenvalue weighted by Crippen LogP contribution is 2.33. The molecule has 0 unspecified atom stereocenters. The van der Waals surface area contributed by atoms with E-state index in [1.54, 1.807) is 7.05 Å². The van der Waals surface area contributed by atoms with Gasteiger partial charge in [0.25, 0.3) is 0 Å². The molecule has 0 aromatic carbocycles. The number of hydrogen-bond acceptors (Lipinski definition) is 4. The van der Waals surface area contributed by atoms with Crippen molar-refractivity contribution in [2.24, 2.45) is 0 Å². The van der Waals surface area contributed by atoms with Crippen LogP contribution in [-0.2, 0) is 14.3 Å². The molecule has 0 aromatic rings. The lowest BCUT2D eigenvalue weighted by Crippen LogP contribution is -2.45. The van der Waals surface area contributed by atoms with E-state index in [1.807, 2.05) is 0 Å². The average Bonchev–Trinajstić information content (AvgIpc) is 2.70. The summed E-state index contributed by atoms with van der Waals surface area (Å²) < 4.78 is 11.4. The molecule has 92 valence electrons. The van der Waals surface area contributed by atoms with Crippen LogP contribution in [0.15, 0.2) is 0 Å².